The molecule has 0 spiro atoms. The van der Waals surface area contributed by atoms with Gasteiger partial charge in [-0.3, -0.25) is 4.79 Å². The van der Waals surface area contributed by atoms with Gasteiger partial charge in [0.2, 0.25) is 0 Å². The van der Waals surface area contributed by atoms with Gasteiger partial charge in [-0.1, -0.05) is 31.0 Å². The lowest BCUT2D eigenvalue weighted by Gasteiger charge is -2.15. The van der Waals surface area contributed by atoms with Crippen molar-refractivity contribution in [2.45, 2.75) is 32.2 Å². The molecule has 0 atom stereocenters. The molecule has 1 aromatic heterocycles. The number of carboxylic acids is 1. The van der Waals surface area contributed by atoms with Crippen molar-refractivity contribution in [2.24, 2.45) is 5.92 Å². The number of fused-ring (bicyclic) bond motifs is 1. The number of aromatic nitrogens is 1. The van der Waals surface area contributed by atoms with Gasteiger partial charge in [-0.15, -0.1) is 0 Å². The molecule has 0 unspecified atom stereocenters. The molecular weight excluding hydrogens is 254 g/mol. The number of rotatable bonds is 3. The summed E-state index contributed by atoms with van der Waals surface area (Å²) in [7, 11) is 0. The third-order valence-electron chi connectivity index (χ3n) is 4.15. The quantitative estimate of drug-likeness (QED) is 0.933. The van der Waals surface area contributed by atoms with Gasteiger partial charge in [0.25, 0.3) is 5.56 Å². The van der Waals surface area contributed by atoms with Crippen LogP contribution in [0.1, 0.15) is 36.0 Å². The van der Waals surface area contributed by atoms with Crippen LogP contribution in [0.15, 0.2) is 35.1 Å². The van der Waals surface area contributed by atoms with E-state index in [2.05, 4.69) is 0 Å². The van der Waals surface area contributed by atoms with Gasteiger partial charge in [-0.25, -0.2) is 4.79 Å². The molecule has 0 amide bonds. The van der Waals surface area contributed by atoms with Gasteiger partial charge < -0.3 is 9.67 Å². The molecule has 1 N–H and O–H groups in total. The highest BCUT2D eigenvalue weighted by Crippen LogP contribution is 2.27. The van der Waals surface area contributed by atoms with E-state index in [0.717, 1.165) is 23.7 Å². The van der Waals surface area contributed by atoms with Crippen molar-refractivity contribution in [3.63, 3.8) is 0 Å². The number of pyridine rings is 1. The van der Waals surface area contributed by atoms with Crippen LogP contribution in [0.5, 0.6) is 0 Å². The Labute approximate surface area is 116 Å². The highest BCUT2D eigenvalue weighted by molar-refractivity contribution is 5.92. The Balaban J connectivity index is 2.18. The van der Waals surface area contributed by atoms with Gasteiger partial charge in [-0.2, -0.15) is 0 Å². The fourth-order valence-electron chi connectivity index (χ4n) is 3.11. The number of carboxylic acid groups (broad SMARTS) is 1. The van der Waals surface area contributed by atoms with Crippen LogP contribution in [0.4, 0.5) is 0 Å². The van der Waals surface area contributed by atoms with Gasteiger partial charge >= 0.3 is 5.97 Å². The largest absolute Gasteiger partial charge is 0.477 e. The van der Waals surface area contributed by atoms with Crippen LogP contribution >= 0.6 is 0 Å². The maximum atomic E-state index is 12.4. The fourth-order valence-corrected chi connectivity index (χ4v) is 3.11. The number of nitrogens with zero attached hydrogens (tertiary/aromatic N) is 1. The Morgan fingerprint density at radius 1 is 1.25 bits per heavy atom. The van der Waals surface area contributed by atoms with Gasteiger partial charge in [0.05, 0.1) is 5.52 Å². The average Bonchev–Trinajstić information content (AvgIpc) is 2.94. The number of benzene rings is 1. The Bertz CT molecular complexity index is 711. The Morgan fingerprint density at radius 2 is 1.95 bits per heavy atom. The minimum absolute atomic E-state index is 0.137. The zero-order valence-electron chi connectivity index (χ0n) is 11.2. The average molecular weight is 271 g/mol. The lowest BCUT2D eigenvalue weighted by Crippen LogP contribution is -2.28. The maximum Gasteiger partial charge on any atom is 0.341 e. The highest BCUT2D eigenvalue weighted by Gasteiger charge is 2.20. The molecule has 0 aliphatic heterocycles. The number of hydrogen-bond acceptors (Lipinski definition) is 2. The monoisotopic (exact) mass is 271 g/mol. The molecule has 1 aromatic carbocycles. The van der Waals surface area contributed by atoms with E-state index in [0.29, 0.717) is 12.5 Å². The van der Waals surface area contributed by atoms with Crippen molar-refractivity contribution in [2.75, 3.05) is 0 Å². The molecule has 4 nitrogen and oxygen atoms in total. The van der Waals surface area contributed by atoms with Crippen molar-refractivity contribution in [3.05, 3.63) is 46.2 Å². The van der Waals surface area contributed by atoms with Gasteiger partial charge in [-0.05, 0) is 36.3 Å². The van der Waals surface area contributed by atoms with Crippen LogP contribution in [0.2, 0.25) is 0 Å². The van der Waals surface area contributed by atoms with Gasteiger partial charge in [0.15, 0.2) is 0 Å². The van der Waals surface area contributed by atoms with Crippen molar-refractivity contribution in [3.8, 4) is 0 Å². The number of hydrogen-bond donors (Lipinski definition) is 1. The first kappa shape index (κ1) is 12.9. The summed E-state index contributed by atoms with van der Waals surface area (Å²) in [4.78, 5) is 23.6. The summed E-state index contributed by atoms with van der Waals surface area (Å²) < 4.78 is 1.65. The second-order valence-electron chi connectivity index (χ2n) is 5.49. The molecule has 1 aliphatic rings. The summed E-state index contributed by atoms with van der Waals surface area (Å²) in [6.45, 7) is 0.625. The lowest BCUT2D eigenvalue weighted by atomic mass is 10.1. The molecule has 4 heteroatoms. The van der Waals surface area contributed by atoms with Crippen LogP contribution in [-0.2, 0) is 6.54 Å². The zero-order chi connectivity index (χ0) is 14.1. The molecule has 0 saturated heterocycles. The smallest absolute Gasteiger partial charge is 0.341 e. The van der Waals surface area contributed by atoms with Gasteiger partial charge in [0, 0.05) is 6.54 Å². The van der Waals surface area contributed by atoms with Crippen molar-refractivity contribution < 1.29 is 9.90 Å². The molecule has 2 aromatic rings. The molecule has 1 saturated carbocycles. The summed E-state index contributed by atoms with van der Waals surface area (Å²) in [5.41, 5.74) is 0.305. The van der Waals surface area contributed by atoms with Crippen LogP contribution in [0.3, 0.4) is 0 Å². The third kappa shape index (κ3) is 2.22. The Morgan fingerprint density at radius 3 is 2.65 bits per heavy atom. The summed E-state index contributed by atoms with van der Waals surface area (Å²) in [6.07, 6.45) is 4.65. The van der Waals surface area contributed by atoms with Crippen LogP contribution < -0.4 is 5.56 Å². The summed E-state index contributed by atoms with van der Waals surface area (Å²) in [6, 6.07) is 8.96. The molecule has 1 heterocycles. The molecule has 104 valence electrons. The van der Waals surface area contributed by atoms with Crippen molar-refractivity contribution >= 4 is 16.9 Å². The van der Waals surface area contributed by atoms with E-state index in [-0.39, 0.29) is 11.1 Å². The molecule has 20 heavy (non-hydrogen) atoms. The Hall–Kier alpha value is -2.10. The van der Waals surface area contributed by atoms with E-state index in [1.807, 2.05) is 24.3 Å². The molecular formula is C16H17NO3. The zero-order valence-corrected chi connectivity index (χ0v) is 11.2. The number of aromatic carboxylic acids is 1. The summed E-state index contributed by atoms with van der Waals surface area (Å²) in [5.74, 6) is -0.666. The fraction of sp³-hybridized carbons (Fsp3) is 0.375. The second kappa shape index (κ2) is 5.12. The van der Waals surface area contributed by atoms with Crippen LogP contribution in [-0.4, -0.2) is 15.6 Å². The number of carbonyl (C=O) groups is 1. The molecule has 3 rings (SSSR count). The molecule has 0 bridgehead atoms. The highest BCUT2D eigenvalue weighted by atomic mass is 16.4. The topological polar surface area (TPSA) is 59.3 Å². The third-order valence-corrected chi connectivity index (χ3v) is 4.15. The predicted octanol–water partition coefficient (Wildman–Crippen LogP) is 2.89. The van der Waals surface area contributed by atoms with Crippen molar-refractivity contribution in [1.82, 2.24) is 4.57 Å². The minimum Gasteiger partial charge on any atom is -0.477 e. The lowest BCUT2D eigenvalue weighted by molar-refractivity contribution is 0.0694. The van der Waals surface area contributed by atoms with Crippen LogP contribution in [0, 0.1) is 5.92 Å². The molecule has 1 aliphatic carbocycles. The van der Waals surface area contributed by atoms with E-state index in [9.17, 15) is 14.7 Å². The first-order chi connectivity index (χ1) is 9.66. The molecule has 1 fully saturated rings. The van der Waals surface area contributed by atoms with Gasteiger partial charge in [0.1, 0.15) is 5.56 Å². The summed E-state index contributed by atoms with van der Waals surface area (Å²) in [5, 5.41) is 10.0. The van der Waals surface area contributed by atoms with E-state index >= 15 is 0 Å². The molecule has 0 radical (unpaired) electrons. The van der Waals surface area contributed by atoms with Crippen molar-refractivity contribution in [1.29, 1.82) is 0 Å². The standard InChI is InChI=1S/C16H17NO3/c18-15-13(16(19)20)9-12-7-3-4-8-14(12)17(15)10-11-5-1-2-6-11/h3-4,7-9,11H,1-2,5-6,10H2,(H,19,20). The first-order valence-electron chi connectivity index (χ1n) is 7.02. The maximum absolute atomic E-state index is 12.4. The Kier molecular flexibility index (Phi) is 3.30. The van der Waals surface area contributed by atoms with E-state index in [1.54, 1.807) is 4.57 Å². The van der Waals surface area contributed by atoms with E-state index in [1.165, 1.54) is 18.9 Å². The first-order valence-corrected chi connectivity index (χ1v) is 7.02. The second-order valence-corrected chi connectivity index (χ2v) is 5.49. The van der Waals surface area contributed by atoms with E-state index in [4.69, 9.17) is 0 Å². The summed E-state index contributed by atoms with van der Waals surface area (Å²) >= 11 is 0. The minimum atomic E-state index is -1.15. The van der Waals surface area contributed by atoms with Crippen LogP contribution in [0.25, 0.3) is 10.9 Å². The normalized spacial score (nSPS) is 15.8. The number of para-hydroxylation sites is 1. The van der Waals surface area contributed by atoms with E-state index < -0.39 is 5.97 Å². The predicted molar refractivity (Wildman–Crippen MR) is 77.1 cm³/mol. The SMILES string of the molecule is O=C(O)c1cc2ccccc2n(CC2CCCC2)c1=O.